The number of rotatable bonds is 5. The van der Waals surface area contributed by atoms with E-state index in [2.05, 4.69) is 5.32 Å². The van der Waals surface area contributed by atoms with Gasteiger partial charge in [-0.1, -0.05) is 18.2 Å². The van der Waals surface area contributed by atoms with Gasteiger partial charge >= 0.3 is 5.97 Å². The summed E-state index contributed by atoms with van der Waals surface area (Å²) in [5, 5.41) is 2.71. The minimum atomic E-state index is -3.36. The molecule has 1 fully saturated rings. The monoisotopic (exact) mass is 402 g/mol. The standard InChI is InChI=1S/C20H22N2O5S/c1-2-27-20(24)17-10-3-4-11-18(17)21-19(23)15-8-7-9-16(14-15)22-12-5-6-13-28(22,25)26/h3-4,7-11,14H,2,5-6,12-13H2,1H3,(H,21,23). The lowest BCUT2D eigenvalue weighted by atomic mass is 10.1. The number of carbonyl (C=O) groups excluding carboxylic acids is 2. The summed E-state index contributed by atoms with van der Waals surface area (Å²) in [5.41, 5.74) is 1.36. The Morgan fingerprint density at radius 2 is 1.89 bits per heavy atom. The molecule has 8 heteroatoms. The molecule has 0 radical (unpaired) electrons. The van der Waals surface area contributed by atoms with E-state index in [0.29, 0.717) is 29.9 Å². The van der Waals surface area contributed by atoms with E-state index in [0.717, 1.165) is 6.42 Å². The van der Waals surface area contributed by atoms with Crippen LogP contribution in [0.1, 0.15) is 40.5 Å². The molecule has 1 aliphatic rings. The van der Waals surface area contributed by atoms with Gasteiger partial charge < -0.3 is 10.1 Å². The first-order valence-electron chi connectivity index (χ1n) is 9.10. The molecule has 0 spiro atoms. The van der Waals surface area contributed by atoms with Crippen LogP contribution in [0, 0.1) is 0 Å². The lowest BCUT2D eigenvalue weighted by Gasteiger charge is -2.28. The summed E-state index contributed by atoms with van der Waals surface area (Å²) in [6, 6.07) is 13.0. The van der Waals surface area contributed by atoms with Crippen molar-refractivity contribution in [1.29, 1.82) is 0 Å². The van der Waals surface area contributed by atoms with Crippen LogP contribution in [0.3, 0.4) is 0 Å². The van der Waals surface area contributed by atoms with Crippen molar-refractivity contribution in [2.45, 2.75) is 19.8 Å². The van der Waals surface area contributed by atoms with Crippen LogP contribution in [0.2, 0.25) is 0 Å². The number of hydrogen-bond acceptors (Lipinski definition) is 5. The largest absolute Gasteiger partial charge is 0.462 e. The summed E-state index contributed by atoms with van der Waals surface area (Å²) in [7, 11) is -3.36. The molecular weight excluding hydrogens is 380 g/mol. The number of hydrogen-bond donors (Lipinski definition) is 1. The van der Waals surface area contributed by atoms with Crippen LogP contribution in [0.25, 0.3) is 0 Å². The molecule has 1 amide bonds. The minimum Gasteiger partial charge on any atom is -0.462 e. The molecule has 0 unspecified atom stereocenters. The molecule has 3 rings (SSSR count). The molecule has 2 aromatic carbocycles. The van der Waals surface area contributed by atoms with E-state index in [1.54, 1.807) is 55.5 Å². The van der Waals surface area contributed by atoms with Crippen molar-refractivity contribution in [2.24, 2.45) is 0 Å². The number of amides is 1. The summed E-state index contributed by atoms with van der Waals surface area (Å²) in [4.78, 5) is 24.8. The number of sulfonamides is 1. The summed E-state index contributed by atoms with van der Waals surface area (Å²) in [5.74, 6) is -0.851. The van der Waals surface area contributed by atoms with Crippen LogP contribution in [0.4, 0.5) is 11.4 Å². The Hall–Kier alpha value is -2.87. The maximum absolute atomic E-state index is 12.7. The SMILES string of the molecule is CCOC(=O)c1ccccc1NC(=O)c1cccc(N2CCCCS2(=O)=O)c1. The molecular formula is C20H22N2O5S. The lowest BCUT2D eigenvalue weighted by molar-refractivity contribution is 0.0527. The molecule has 7 nitrogen and oxygen atoms in total. The van der Waals surface area contributed by atoms with E-state index < -0.39 is 21.9 Å². The van der Waals surface area contributed by atoms with Crippen molar-refractivity contribution in [1.82, 2.24) is 0 Å². The van der Waals surface area contributed by atoms with Gasteiger partial charge in [-0.3, -0.25) is 9.10 Å². The van der Waals surface area contributed by atoms with Crippen molar-refractivity contribution in [3.63, 3.8) is 0 Å². The Morgan fingerprint density at radius 3 is 2.64 bits per heavy atom. The fraction of sp³-hybridized carbons (Fsp3) is 0.300. The average Bonchev–Trinajstić information content (AvgIpc) is 2.68. The molecule has 1 saturated heterocycles. The maximum Gasteiger partial charge on any atom is 0.340 e. The fourth-order valence-electron chi connectivity index (χ4n) is 3.05. The number of nitrogens with zero attached hydrogens (tertiary/aromatic N) is 1. The summed E-state index contributed by atoms with van der Waals surface area (Å²) in [6.45, 7) is 2.34. The molecule has 2 aromatic rings. The van der Waals surface area contributed by atoms with Gasteiger partial charge in [0.15, 0.2) is 0 Å². The summed E-state index contributed by atoms with van der Waals surface area (Å²) in [6.07, 6.45) is 1.42. The highest BCUT2D eigenvalue weighted by Crippen LogP contribution is 2.25. The second-order valence-corrected chi connectivity index (χ2v) is 8.38. The smallest absolute Gasteiger partial charge is 0.340 e. The fourth-order valence-corrected chi connectivity index (χ4v) is 4.69. The zero-order valence-corrected chi connectivity index (χ0v) is 16.4. The normalized spacial score (nSPS) is 15.7. The highest BCUT2D eigenvalue weighted by molar-refractivity contribution is 7.92. The Bertz CT molecular complexity index is 988. The van der Waals surface area contributed by atoms with E-state index in [1.807, 2.05) is 0 Å². The number of para-hydroxylation sites is 1. The van der Waals surface area contributed by atoms with Crippen LogP contribution < -0.4 is 9.62 Å². The first-order chi connectivity index (χ1) is 13.4. The molecule has 0 atom stereocenters. The van der Waals surface area contributed by atoms with Crippen LogP contribution >= 0.6 is 0 Å². The van der Waals surface area contributed by atoms with Crippen molar-refractivity contribution in [3.05, 3.63) is 59.7 Å². The third-order valence-electron chi connectivity index (χ3n) is 4.42. The van der Waals surface area contributed by atoms with Crippen molar-refractivity contribution >= 4 is 33.3 Å². The van der Waals surface area contributed by atoms with E-state index >= 15 is 0 Å². The van der Waals surface area contributed by atoms with Gasteiger partial charge in [0.1, 0.15) is 0 Å². The molecule has 1 heterocycles. The third kappa shape index (κ3) is 4.33. The first-order valence-corrected chi connectivity index (χ1v) is 10.7. The number of carbonyl (C=O) groups is 2. The Labute approximate surface area is 164 Å². The van der Waals surface area contributed by atoms with E-state index in [9.17, 15) is 18.0 Å². The third-order valence-corrected chi connectivity index (χ3v) is 6.29. The lowest BCUT2D eigenvalue weighted by Crippen LogP contribution is -2.37. The predicted octanol–water partition coefficient (Wildman–Crippen LogP) is 3.05. The van der Waals surface area contributed by atoms with Crippen LogP contribution in [0.15, 0.2) is 48.5 Å². The number of ether oxygens (including phenoxy) is 1. The molecule has 148 valence electrons. The second kappa shape index (κ2) is 8.43. The molecule has 28 heavy (non-hydrogen) atoms. The van der Waals surface area contributed by atoms with Gasteiger partial charge in [0, 0.05) is 12.1 Å². The first kappa shape index (κ1) is 19.9. The van der Waals surface area contributed by atoms with Crippen LogP contribution in [-0.2, 0) is 14.8 Å². The van der Waals surface area contributed by atoms with Crippen molar-refractivity contribution in [2.75, 3.05) is 28.5 Å². The molecule has 0 saturated carbocycles. The van der Waals surface area contributed by atoms with Crippen molar-refractivity contribution in [3.8, 4) is 0 Å². The zero-order chi connectivity index (χ0) is 20.1. The minimum absolute atomic E-state index is 0.107. The number of anilines is 2. The summed E-state index contributed by atoms with van der Waals surface area (Å²) >= 11 is 0. The van der Waals surface area contributed by atoms with Crippen molar-refractivity contribution < 1.29 is 22.7 Å². The van der Waals surface area contributed by atoms with E-state index in [4.69, 9.17) is 4.74 Å². The van der Waals surface area contributed by atoms with Gasteiger partial charge in [-0.05, 0) is 50.1 Å². The van der Waals surface area contributed by atoms with Gasteiger partial charge in [0.25, 0.3) is 5.91 Å². The highest BCUT2D eigenvalue weighted by atomic mass is 32.2. The van der Waals surface area contributed by atoms with Gasteiger partial charge in [-0.15, -0.1) is 0 Å². The van der Waals surface area contributed by atoms with Crippen LogP contribution in [-0.4, -0.2) is 39.2 Å². The summed E-state index contributed by atoms with van der Waals surface area (Å²) < 4.78 is 31.0. The number of esters is 1. The van der Waals surface area contributed by atoms with E-state index in [-0.39, 0.29) is 17.9 Å². The van der Waals surface area contributed by atoms with Gasteiger partial charge in [-0.2, -0.15) is 0 Å². The highest BCUT2D eigenvalue weighted by Gasteiger charge is 2.26. The average molecular weight is 402 g/mol. The van der Waals surface area contributed by atoms with Gasteiger partial charge in [0.2, 0.25) is 10.0 Å². The molecule has 0 aliphatic carbocycles. The molecule has 0 aromatic heterocycles. The zero-order valence-electron chi connectivity index (χ0n) is 15.6. The quantitative estimate of drug-likeness (QED) is 0.776. The maximum atomic E-state index is 12.7. The molecule has 1 aliphatic heterocycles. The predicted molar refractivity (Wildman–Crippen MR) is 107 cm³/mol. The molecule has 0 bridgehead atoms. The Balaban J connectivity index is 1.84. The molecule has 1 N–H and O–H groups in total. The Kier molecular flexibility index (Phi) is 5.99. The second-order valence-electron chi connectivity index (χ2n) is 6.37. The van der Waals surface area contributed by atoms with E-state index in [1.165, 1.54) is 4.31 Å². The topological polar surface area (TPSA) is 92.8 Å². The number of nitrogens with one attached hydrogen (secondary N) is 1. The Morgan fingerprint density at radius 1 is 1.11 bits per heavy atom. The van der Waals surface area contributed by atoms with Crippen LogP contribution in [0.5, 0.6) is 0 Å². The van der Waals surface area contributed by atoms with Gasteiger partial charge in [-0.25, -0.2) is 13.2 Å². The van der Waals surface area contributed by atoms with Gasteiger partial charge in [0.05, 0.1) is 29.3 Å². The number of benzene rings is 2.